The quantitative estimate of drug-likeness (QED) is 0.438. The van der Waals surface area contributed by atoms with E-state index in [0.29, 0.717) is 23.1 Å². The molecule has 10 nitrogen and oxygen atoms in total. The molecule has 0 aliphatic carbocycles. The Morgan fingerprint density at radius 1 is 1.08 bits per heavy atom. The normalized spacial score (nSPS) is 16.1. The van der Waals surface area contributed by atoms with Crippen LogP contribution in [0, 0.1) is 0 Å². The number of hydrogen-bond acceptors (Lipinski definition) is 6. The molecule has 2 N–H and O–H groups in total. The second-order valence-electron chi connectivity index (χ2n) is 8.50. The van der Waals surface area contributed by atoms with Gasteiger partial charge in [0, 0.05) is 49.3 Å². The van der Waals surface area contributed by atoms with Crippen molar-refractivity contribution in [1.82, 2.24) is 19.5 Å². The van der Waals surface area contributed by atoms with Crippen LogP contribution in [0.5, 0.6) is 5.75 Å². The molecule has 0 spiro atoms. The first-order chi connectivity index (χ1) is 18.3. The Kier molecular flexibility index (Phi) is 8.82. The van der Waals surface area contributed by atoms with Gasteiger partial charge in [0.2, 0.25) is 15.9 Å². The Hall–Kier alpha value is -3.67. The average molecular weight is 558 g/mol. The molecular formula is C26H28ClN5O5S. The minimum Gasteiger partial charge on any atom is -0.494 e. The van der Waals surface area contributed by atoms with Gasteiger partial charge in [-0.15, -0.1) is 0 Å². The van der Waals surface area contributed by atoms with Crippen LogP contribution in [0.2, 0.25) is 5.02 Å². The van der Waals surface area contributed by atoms with Crippen LogP contribution in [-0.4, -0.2) is 66.8 Å². The van der Waals surface area contributed by atoms with Crippen molar-refractivity contribution in [1.29, 1.82) is 0 Å². The Morgan fingerprint density at radius 2 is 1.82 bits per heavy atom. The van der Waals surface area contributed by atoms with Crippen molar-refractivity contribution in [3.05, 3.63) is 83.6 Å². The van der Waals surface area contributed by atoms with E-state index < -0.39 is 28.0 Å². The summed E-state index contributed by atoms with van der Waals surface area (Å²) in [5.41, 5.74) is 1.31. The molecule has 0 saturated carbocycles. The van der Waals surface area contributed by atoms with E-state index in [1.54, 1.807) is 48.8 Å². The summed E-state index contributed by atoms with van der Waals surface area (Å²) in [7, 11) is -4.04. The lowest BCUT2D eigenvalue weighted by molar-refractivity contribution is -0.126. The number of ether oxygens (including phenoxy) is 1. The maximum absolute atomic E-state index is 13.5. The Morgan fingerprint density at radius 3 is 2.47 bits per heavy atom. The van der Waals surface area contributed by atoms with E-state index in [2.05, 4.69) is 15.6 Å². The van der Waals surface area contributed by atoms with Crippen LogP contribution in [0.25, 0.3) is 0 Å². The minimum absolute atomic E-state index is 0.0132. The highest BCUT2D eigenvalue weighted by Gasteiger charge is 2.41. The first-order valence-electron chi connectivity index (χ1n) is 12.0. The van der Waals surface area contributed by atoms with E-state index in [0.717, 1.165) is 9.87 Å². The highest BCUT2D eigenvalue weighted by Crippen LogP contribution is 2.24. The maximum Gasteiger partial charge on any atom is 0.321 e. The predicted molar refractivity (Wildman–Crippen MR) is 143 cm³/mol. The van der Waals surface area contributed by atoms with E-state index in [4.69, 9.17) is 16.3 Å². The van der Waals surface area contributed by atoms with Crippen LogP contribution in [-0.2, 0) is 21.4 Å². The number of carbonyl (C=O) groups is 2. The lowest BCUT2D eigenvalue weighted by atomic mass is 10.2. The van der Waals surface area contributed by atoms with Gasteiger partial charge in [-0.25, -0.2) is 13.2 Å². The molecule has 0 radical (unpaired) electrons. The monoisotopic (exact) mass is 557 g/mol. The molecule has 200 valence electrons. The molecule has 1 aliphatic heterocycles. The number of aromatic nitrogens is 1. The number of benzene rings is 2. The van der Waals surface area contributed by atoms with Crippen molar-refractivity contribution < 1.29 is 22.7 Å². The van der Waals surface area contributed by atoms with Gasteiger partial charge >= 0.3 is 6.03 Å². The molecule has 2 aromatic carbocycles. The number of rotatable bonds is 8. The summed E-state index contributed by atoms with van der Waals surface area (Å²) in [5.74, 6) is 0.154. The van der Waals surface area contributed by atoms with Crippen molar-refractivity contribution >= 4 is 39.2 Å². The van der Waals surface area contributed by atoms with Gasteiger partial charge in [0.1, 0.15) is 11.8 Å². The van der Waals surface area contributed by atoms with Crippen LogP contribution in [0.4, 0.5) is 10.5 Å². The van der Waals surface area contributed by atoms with Crippen LogP contribution in [0.3, 0.4) is 0 Å². The first kappa shape index (κ1) is 27.4. The summed E-state index contributed by atoms with van der Waals surface area (Å²) < 4.78 is 33.6. The maximum atomic E-state index is 13.5. The van der Waals surface area contributed by atoms with E-state index in [-0.39, 0.29) is 31.1 Å². The van der Waals surface area contributed by atoms with Crippen molar-refractivity contribution in [2.24, 2.45) is 0 Å². The smallest absolute Gasteiger partial charge is 0.321 e. The second-order valence-corrected chi connectivity index (χ2v) is 10.8. The summed E-state index contributed by atoms with van der Waals surface area (Å²) >= 11 is 5.94. The lowest BCUT2D eigenvalue weighted by Crippen LogP contribution is -2.61. The molecule has 3 aromatic rings. The number of anilines is 1. The van der Waals surface area contributed by atoms with Gasteiger partial charge in [0.15, 0.2) is 0 Å². The van der Waals surface area contributed by atoms with Crippen LogP contribution in [0.1, 0.15) is 12.5 Å². The summed E-state index contributed by atoms with van der Waals surface area (Å²) in [4.78, 5) is 31.8. The molecule has 1 fully saturated rings. The zero-order valence-electron chi connectivity index (χ0n) is 20.7. The molecule has 1 aromatic heterocycles. The highest BCUT2D eigenvalue weighted by molar-refractivity contribution is 7.89. The fourth-order valence-electron chi connectivity index (χ4n) is 4.01. The van der Waals surface area contributed by atoms with Gasteiger partial charge < -0.3 is 20.3 Å². The molecule has 1 saturated heterocycles. The molecule has 4 rings (SSSR count). The molecule has 12 heteroatoms. The van der Waals surface area contributed by atoms with Gasteiger partial charge in [0.05, 0.1) is 11.5 Å². The zero-order valence-corrected chi connectivity index (χ0v) is 22.3. The highest BCUT2D eigenvalue weighted by atomic mass is 35.5. The number of piperazine rings is 1. The number of nitrogens with one attached hydrogen (secondary N) is 2. The summed E-state index contributed by atoms with van der Waals surface area (Å²) in [5, 5.41) is 5.97. The third-order valence-corrected chi connectivity index (χ3v) is 8.12. The SMILES string of the molecule is CCOc1ccc(NC(=O)N2CCN(S(=O)(=O)c3ccc(Cl)cc3)C(C(=O)NCc3cccnc3)C2)cc1. The van der Waals surface area contributed by atoms with Crippen molar-refractivity contribution in [2.75, 3.05) is 31.6 Å². The van der Waals surface area contributed by atoms with Gasteiger partial charge in [-0.1, -0.05) is 17.7 Å². The van der Waals surface area contributed by atoms with Crippen molar-refractivity contribution in [2.45, 2.75) is 24.4 Å². The van der Waals surface area contributed by atoms with Gasteiger partial charge in [-0.3, -0.25) is 9.78 Å². The van der Waals surface area contributed by atoms with E-state index >= 15 is 0 Å². The van der Waals surface area contributed by atoms with Crippen molar-refractivity contribution in [3.8, 4) is 5.75 Å². The first-order valence-corrected chi connectivity index (χ1v) is 13.8. The predicted octanol–water partition coefficient (Wildman–Crippen LogP) is 3.36. The van der Waals surface area contributed by atoms with E-state index in [1.165, 1.54) is 29.2 Å². The molecule has 38 heavy (non-hydrogen) atoms. The number of pyridine rings is 1. The number of sulfonamides is 1. The second kappa shape index (κ2) is 12.2. The Balaban J connectivity index is 1.52. The summed E-state index contributed by atoms with van der Waals surface area (Å²) in [6.07, 6.45) is 3.23. The van der Waals surface area contributed by atoms with Crippen LogP contribution in [0.15, 0.2) is 78.0 Å². The third-order valence-electron chi connectivity index (χ3n) is 5.95. The van der Waals surface area contributed by atoms with Gasteiger partial charge in [0.25, 0.3) is 0 Å². The van der Waals surface area contributed by atoms with E-state index in [1.807, 2.05) is 6.92 Å². The fourth-order valence-corrected chi connectivity index (χ4v) is 5.70. The molecule has 3 amide bonds. The average Bonchev–Trinajstić information content (AvgIpc) is 2.93. The summed E-state index contributed by atoms with van der Waals surface area (Å²) in [6.45, 7) is 2.48. The zero-order chi connectivity index (χ0) is 27.1. The third kappa shape index (κ3) is 6.60. The van der Waals surface area contributed by atoms with E-state index in [9.17, 15) is 18.0 Å². The fraction of sp³-hybridized carbons (Fsp3) is 0.269. The number of carbonyl (C=O) groups excluding carboxylic acids is 2. The molecule has 1 atom stereocenters. The molecule has 0 bridgehead atoms. The topological polar surface area (TPSA) is 121 Å². The minimum atomic E-state index is -4.04. The number of halogens is 1. The number of urea groups is 1. The Labute approximate surface area is 226 Å². The van der Waals surface area contributed by atoms with Gasteiger partial charge in [-0.2, -0.15) is 4.31 Å². The molecule has 1 aliphatic rings. The molecule has 2 heterocycles. The van der Waals surface area contributed by atoms with Crippen LogP contribution < -0.4 is 15.4 Å². The standard InChI is InChI=1S/C26H28ClN5O5S/c1-2-37-22-9-7-21(8-10-22)30-26(34)31-14-15-32(38(35,36)23-11-5-20(27)6-12-23)24(18-31)25(33)29-17-19-4-3-13-28-16-19/h3-13,16,24H,2,14-15,17-18H2,1H3,(H,29,33)(H,30,34). The molecule has 1 unspecified atom stereocenters. The van der Waals surface area contributed by atoms with Gasteiger partial charge in [-0.05, 0) is 67.1 Å². The van der Waals surface area contributed by atoms with Crippen molar-refractivity contribution in [3.63, 3.8) is 0 Å². The summed E-state index contributed by atoms with van der Waals surface area (Å²) in [6, 6.07) is 14.6. The lowest BCUT2D eigenvalue weighted by Gasteiger charge is -2.39. The number of hydrogen-bond donors (Lipinski definition) is 2. The van der Waals surface area contributed by atoms with Crippen LogP contribution >= 0.6 is 11.6 Å². The Bertz CT molecular complexity index is 1360. The largest absolute Gasteiger partial charge is 0.494 e. The molecular weight excluding hydrogens is 530 g/mol. The number of nitrogens with zero attached hydrogens (tertiary/aromatic N) is 3. The number of amides is 3.